The topological polar surface area (TPSA) is 0 Å². The van der Waals surface area contributed by atoms with Gasteiger partial charge in [0.2, 0.25) is 0 Å². The second kappa shape index (κ2) is 16.0. The van der Waals surface area contributed by atoms with Crippen LogP contribution in [0.25, 0.3) is 143 Å². The van der Waals surface area contributed by atoms with Gasteiger partial charge in [-0.05, 0) is 233 Å². The summed E-state index contributed by atoms with van der Waals surface area (Å²) in [6, 6.07) is 84.8. The van der Waals surface area contributed by atoms with E-state index in [4.69, 9.17) is 0 Å². The maximum Gasteiger partial charge on any atom is -0.000719 e. The van der Waals surface area contributed by atoms with E-state index in [1.54, 1.807) is 0 Å². The third-order valence-corrected chi connectivity index (χ3v) is 15.8. The molecule has 340 valence electrons. The van der Waals surface area contributed by atoms with E-state index in [9.17, 15) is 0 Å². The molecule has 0 N–H and O–H groups in total. The van der Waals surface area contributed by atoms with Gasteiger partial charge in [-0.25, -0.2) is 0 Å². The van der Waals surface area contributed by atoms with Gasteiger partial charge in [0.1, 0.15) is 0 Å². The van der Waals surface area contributed by atoms with E-state index in [0.717, 1.165) is 0 Å². The maximum atomic E-state index is 2.55. The molecule has 13 aromatic rings. The summed E-state index contributed by atoms with van der Waals surface area (Å²) in [5.74, 6) is 0. The number of fused-ring (bicyclic) bond motifs is 5. The summed E-state index contributed by atoms with van der Waals surface area (Å²) >= 11 is 0. The van der Waals surface area contributed by atoms with Crippen molar-refractivity contribution in [1.29, 1.82) is 0 Å². The normalized spacial score (nSPS) is 12.2. The van der Waals surface area contributed by atoms with Crippen LogP contribution in [0.3, 0.4) is 0 Å². The van der Waals surface area contributed by atoms with Gasteiger partial charge < -0.3 is 0 Å². The monoisotopic (exact) mass is 916 g/mol. The number of aryl methyl sites for hydroxylation is 2. The van der Waals surface area contributed by atoms with Crippen LogP contribution in [0.5, 0.6) is 0 Å². The van der Waals surface area contributed by atoms with Crippen LogP contribution in [0.15, 0.2) is 224 Å². The van der Waals surface area contributed by atoms with Crippen molar-refractivity contribution in [3.63, 3.8) is 0 Å². The molecule has 0 saturated carbocycles. The molecule has 0 bridgehead atoms. The van der Waals surface area contributed by atoms with Gasteiger partial charge in [-0.2, -0.15) is 0 Å². The minimum Gasteiger partial charge on any atom is -0.0622 e. The summed E-state index contributed by atoms with van der Waals surface area (Å²) in [6.07, 6.45) is 0. The molecule has 1 aliphatic rings. The van der Waals surface area contributed by atoms with Gasteiger partial charge in [-0.1, -0.05) is 191 Å². The Hall–Kier alpha value is -8.58. The highest BCUT2D eigenvalue weighted by Crippen LogP contribution is 2.60. The van der Waals surface area contributed by atoms with E-state index >= 15 is 0 Å². The fourth-order valence-electron chi connectivity index (χ4n) is 12.5. The summed E-state index contributed by atoms with van der Waals surface area (Å²) in [7, 11) is 0. The van der Waals surface area contributed by atoms with Gasteiger partial charge in [-0.15, -0.1) is 0 Å². The first-order valence-corrected chi connectivity index (χ1v) is 25.5. The number of benzene rings is 13. The fraction of sp³-hybridized carbons (Fsp3) is 0.0833. The molecule has 1 aliphatic carbocycles. The lowest BCUT2D eigenvalue weighted by atomic mass is 9.81. The van der Waals surface area contributed by atoms with Crippen LogP contribution in [-0.2, 0) is 5.41 Å². The van der Waals surface area contributed by atoms with Crippen molar-refractivity contribution in [3.05, 3.63) is 241 Å². The summed E-state index contributed by atoms with van der Waals surface area (Å²) in [5.41, 5.74) is 24.3. The SMILES string of the molecule is Cc1cc(C(C)(C)C)cc(C)c1-c1cc2ccc3ccc4c5c(cc(c1)c2c35)-c1c-4c(-c2ccccc2)c2cc3cc(-c4cc(-c5ccccc5)cc(-c5ccccc5)c4)ccc3cc2c1-c1ccccc1. The molecule has 0 aromatic heterocycles. The van der Waals surface area contributed by atoms with Crippen molar-refractivity contribution in [1.82, 2.24) is 0 Å². The Bertz CT molecular complexity index is 4240. The highest BCUT2D eigenvalue weighted by atomic mass is 14.3. The van der Waals surface area contributed by atoms with Crippen molar-refractivity contribution in [2.24, 2.45) is 0 Å². The van der Waals surface area contributed by atoms with Crippen molar-refractivity contribution in [2.45, 2.75) is 40.0 Å². The molecule has 0 radical (unpaired) electrons. The predicted molar refractivity (Wildman–Crippen MR) is 310 cm³/mol. The Kier molecular flexibility index (Phi) is 9.39. The lowest BCUT2D eigenvalue weighted by Crippen LogP contribution is -2.12. The van der Waals surface area contributed by atoms with Gasteiger partial charge in [0, 0.05) is 0 Å². The Morgan fingerprint density at radius 1 is 0.250 bits per heavy atom. The standard InChI is InChI=1S/C72H52/c1-43-32-59(72(3,4)5)33-44(2)64(43)57-35-52-29-26-49-30-31-60-69-63(42-58(39-57)65(52)68(49)69)71-67(48-24-16-9-17-25-48)61-40-51-28-27-50(34-56(51)41-62(61)66(70(60)71)47-22-14-8-15-23-47)55-37-53(45-18-10-6-11-19-45)36-54(38-55)46-20-12-7-13-21-46/h6-42H,1-5H3. The summed E-state index contributed by atoms with van der Waals surface area (Å²) < 4.78 is 0. The zero-order chi connectivity index (χ0) is 48.4. The molecule has 0 atom stereocenters. The molecular weight excluding hydrogens is 865 g/mol. The Labute approximate surface area is 421 Å². The molecular formula is C72H52. The third kappa shape index (κ3) is 6.59. The fourth-order valence-corrected chi connectivity index (χ4v) is 12.5. The number of hydrogen-bond donors (Lipinski definition) is 0. The molecule has 0 aliphatic heterocycles. The van der Waals surface area contributed by atoms with Crippen LogP contribution in [0.2, 0.25) is 0 Å². The van der Waals surface area contributed by atoms with Gasteiger partial charge in [0.05, 0.1) is 0 Å². The van der Waals surface area contributed by atoms with Gasteiger partial charge in [0.15, 0.2) is 0 Å². The van der Waals surface area contributed by atoms with Gasteiger partial charge >= 0.3 is 0 Å². The maximum absolute atomic E-state index is 2.55. The lowest BCUT2D eigenvalue weighted by Gasteiger charge is -2.23. The molecule has 0 unspecified atom stereocenters. The van der Waals surface area contributed by atoms with Crippen LogP contribution >= 0.6 is 0 Å². The molecule has 0 amide bonds. The minimum atomic E-state index is 0.0771. The molecule has 13 aromatic carbocycles. The van der Waals surface area contributed by atoms with Gasteiger partial charge in [-0.3, -0.25) is 0 Å². The quantitative estimate of drug-likeness (QED) is 0.115. The molecule has 0 spiro atoms. The summed E-state index contributed by atoms with van der Waals surface area (Å²) in [5, 5.41) is 12.9. The average molecular weight is 917 g/mol. The first-order valence-electron chi connectivity index (χ1n) is 25.5. The van der Waals surface area contributed by atoms with Gasteiger partial charge in [0.25, 0.3) is 0 Å². The van der Waals surface area contributed by atoms with E-state index < -0.39 is 0 Å². The highest BCUT2D eigenvalue weighted by Gasteiger charge is 2.33. The summed E-state index contributed by atoms with van der Waals surface area (Å²) in [4.78, 5) is 0. The van der Waals surface area contributed by atoms with Crippen molar-refractivity contribution >= 4 is 53.9 Å². The predicted octanol–water partition coefficient (Wildman–Crippen LogP) is 20.5. The largest absolute Gasteiger partial charge is 0.0622 e. The molecule has 14 rings (SSSR count). The number of rotatable bonds is 6. The Morgan fingerprint density at radius 2 is 0.708 bits per heavy atom. The third-order valence-electron chi connectivity index (χ3n) is 15.8. The molecule has 0 heterocycles. The van der Waals surface area contributed by atoms with Crippen LogP contribution in [0.4, 0.5) is 0 Å². The summed E-state index contributed by atoms with van der Waals surface area (Å²) in [6.45, 7) is 11.5. The van der Waals surface area contributed by atoms with Crippen LogP contribution in [0.1, 0.15) is 37.5 Å². The zero-order valence-electron chi connectivity index (χ0n) is 41.4. The van der Waals surface area contributed by atoms with E-state index in [2.05, 4.69) is 259 Å². The highest BCUT2D eigenvalue weighted by molar-refractivity contribution is 6.36. The number of hydrogen-bond acceptors (Lipinski definition) is 0. The Morgan fingerprint density at radius 3 is 1.28 bits per heavy atom. The smallest absolute Gasteiger partial charge is 0.000719 e. The Balaban J connectivity index is 1.06. The second-order valence-corrected chi connectivity index (χ2v) is 21.3. The zero-order valence-corrected chi connectivity index (χ0v) is 41.4. The van der Waals surface area contributed by atoms with E-state index in [1.807, 2.05) is 0 Å². The van der Waals surface area contributed by atoms with E-state index in [1.165, 1.54) is 160 Å². The molecule has 72 heavy (non-hydrogen) atoms. The van der Waals surface area contributed by atoms with E-state index in [-0.39, 0.29) is 5.41 Å². The molecule has 0 heteroatoms. The first-order chi connectivity index (χ1) is 35.1. The van der Waals surface area contributed by atoms with Crippen LogP contribution in [0, 0.1) is 13.8 Å². The van der Waals surface area contributed by atoms with Crippen molar-refractivity contribution in [3.8, 4) is 89.0 Å². The van der Waals surface area contributed by atoms with Crippen LogP contribution < -0.4 is 0 Å². The first kappa shape index (κ1) is 42.3. The molecule has 0 fully saturated rings. The lowest BCUT2D eigenvalue weighted by molar-refractivity contribution is 0.589. The average Bonchev–Trinajstić information content (AvgIpc) is 3.73. The van der Waals surface area contributed by atoms with E-state index in [0.29, 0.717) is 0 Å². The van der Waals surface area contributed by atoms with Crippen molar-refractivity contribution < 1.29 is 0 Å². The minimum absolute atomic E-state index is 0.0771. The van der Waals surface area contributed by atoms with Crippen LogP contribution in [-0.4, -0.2) is 0 Å². The molecule has 0 saturated heterocycles. The molecule has 0 nitrogen and oxygen atoms in total. The second-order valence-electron chi connectivity index (χ2n) is 21.3. The van der Waals surface area contributed by atoms with Crippen molar-refractivity contribution in [2.75, 3.05) is 0 Å².